The smallest absolute Gasteiger partial charge is 0.237 e. The lowest BCUT2D eigenvalue weighted by Gasteiger charge is -2.31. The van der Waals surface area contributed by atoms with Gasteiger partial charge < -0.3 is 4.52 Å². The minimum Gasteiger partial charge on any atom is -0.340 e. The molecule has 0 radical (unpaired) electrons. The van der Waals surface area contributed by atoms with Gasteiger partial charge in [-0.25, -0.2) is 8.42 Å². The maximum absolute atomic E-state index is 13.3. The Hall–Kier alpha value is -1.99. The van der Waals surface area contributed by atoms with Crippen molar-refractivity contribution in [2.75, 3.05) is 0 Å². The second-order valence-electron chi connectivity index (χ2n) is 7.55. The Morgan fingerprint density at radius 1 is 1.07 bits per heavy atom. The van der Waals surface area contributed by atoms with Gasteiger partial charge in [0.1, 0.15) is 0 Å². The number of nitrogens with one attached hydrogen (secondary N) is 1. The zero-order valence-electron chi connectivity index (χ0n) is 15.6. The molecule has 144 valence electrons. The normalized spacial score (nSPS) is 19.8. The highest BCUT2D eigenvalue weighted by molar-refractivity contribution is 7.93. The molecular weight excluding hydrogens is 362 g/mol. The summed E-state index contributed by atoms with van der Waals surface area (Å²) in [5.41, 5.74) is 1.38. The second-order valence-corrected chi connectivity index (χ2v) is 9.28. The molecule has 1 aromatic carbocycles. The molecule has 4 rings (SSSR count). The van der Waals surface area contributed by atoms with Gasteiger partial charge in [0.2, 0.25) is 15.9 Å². The summed E-state index contributed by atoms with van der Waals surface area (Å²) in [6, 6.07) is 7.95. The standard InChI is InChI=1S/C20H25N3O3S/c1-15-21-19(22-26-15)20(12-6-2-3-7-13-20)23-27(24,25)18-11-10-16-8-4-5-9-17(16)14-18/h4-5,8-9,14,23H,2-3,6-7,10-13H2,1H3. The van der Waals surface area contributed by atoms with Crippen LogP contribution in [0.1, 0.15) is 67.8 Å². The second kappa shape index (κ2) is 7.20. The Labute approximate surface area is 160 Å². The van der Waals surface area contributed by atoms with Crippen molar-refractivity contribution >= 4 is 16.1 Å². The number of sulfonamides is 1. The van der Waals surface area contributed by atoms with Crippen molar-refractivity contribution in [1.29, 1.82) is 0 Å². The first-order chi connectivity index (χ1) is 13.0. The number of aryl methyl sites for hydroxylation is 2. The first-order valence-corrected chi connectivity index (χ1v) is 11.1. The van der Waals surface area contributed by atoms with Crippen molar-refractivity contribution in [2.45, 2.75) is 63.8 Å². The molecule has 1 aromatic heterocycles. The van der Waals surface area contributed by atoms with E-state index in [1.54, 1.807) is 13.0 Å². The molecule has 2 aromatic rings. The Morgan fingerprint density at radius 3 is 2.52 bits per heavy atom. The quantitative estimate of drug-likeness (QED) is 0.806. The van der Waals surface area contributed by atoms with E-state index in [0.29, 0.717) is 35.9 Å². The lowest BCUT2D eigenvalue weighted by Crippen LogP contribution is -2.47. The summed E-state index contributed by atoms with van der Waals surface area (Å²) in [6.45, 7) is 1.73. The minimum atomic E-state index is -3.65. The van der Waals surface area contributed by atoms with E-state index in [0.717, 1.165) is 37.7 Å². The largest absolute Gasteiger partial charge is 0.340 e. The van der Waals surface area contributed by atoms with Crippen molar-refractivity contribution < 1.29 is 12.9 Å². The molecule has 0 bridgehead atoms. The highest BCUT2D eigenvalue weighted by atomic mass is 32.2. The lowest BCUT2D eigenvalue weighted by molar-refractivity contribution is 0.302. The Morgan fingerprint density at radius 2 is 1.81 bits per heavy atom. The van der Waals surface area contributed by atoms with Gasteiger partial charge in [0.25, 0.3) is 0 Å². The lowest BCUT2D eigenvalue weighted by atomic mass is 9.91. The number of hydrogen-bond donors (Lipinski definition) is 1. The molecule has 0 atom stereocenters. The minimum absolute atomic E-state index is 0.435. The molecule has 1 heterocycles. The number of nitrogens with zero attached hydrogens (tertiary/aromatic N) is 2. The predicted molar refractivity (Wildman–Crippen MR) is 103 cm³/mol. The molecule has 1 fully saturated rings. The van der Waals surface area contributed by atoms with Crippen molar-refractivity contribution in [1.82, 2.24) is 14.9 Å². The van der Waals surface area contributed by atoms with E-state index in [-0.39, 0.29) is 0 Å². The van der Waals surface area contributed by atoms with Crippen LogP contribution < -0.4 is 4.72 Å². The van der Waals surface area contributed by atoms with Gasteiger partial charge in [0.05, 0.1) is 10.4 Å². The molecular formula is C20H25N3O3S. The van der Waals surface area contributed by atoms with E-state index in [1.165, 1.54) is 5.56 Å². The summed E-state index contributed by atoms with van der Waals surface area (Å²) in [7, 11) is -3.65. The number of rotatable bonds is 4. The number of aromatic nitrogens is 2. The highest BCUT2D eigenvalue weighted by Crippen LogP contribution is 2.37. The van der Waals surface area contributed by atoms with Crippen molar-refractivity contribution in [3.8, 4) is 0 Å². The highest BCUT2D eigenvalue weighted by Gasteiger charge is 2.41. The molecule has 6 nitrogen and oxygen atoms in total. The van der Waals surface area contributed by atoms with Crippen LogP contribution >= 0.6 is 0 Å². The summed E-state index contributed by atoms with van der Waals surface area (Å²) in [6.07, 6.45) is 8.49. The summed E-state index contributed by atoms with van der Waals surface area (Å²) in [5.74, 6) is 0.918. The molecule has 1 N–H and O–H groups in total. The summed E-state index contributed by atoms with van der Waals surface area (Å²) < 4.78 is 34.8. The molecule has 27 heavy (non-hydrogen) atoms. The monoisotopic (exact) mass is 387 g/mol. The zero-order chi connectivity index (χ0) is 18.9. The molecule has 2 aliphatic rings. The van der Waals surface area contributed by atoms with Crippen LogP contribution in [0.25, 0.3) is 6.08 Å². The predicted octanol–water partition coefficient (Wildman–Crippen LogP) is 3.83. The average molecular weight is 388 g/mol. The van der Waals surface area contributed by atoms with Gasteiger partial charge in [-0.15, -0.1) is 0 Å². The van der Waals surface area contributed by atoms with Crippen LogP contribution in [0, 0.1) is 6.92 Å². The summed E-state index contributed by atoms with van der Waals surface area (Å²) >= 11 is 0. The molecule has 2 aliphatic carbocycles. The van der Waals surface area contributed by atoms with E-state index in [9.17, 15) is 8.42 Å². The first-order valence-electron chi connectivity index (χ1n) is 9.62. The molecule has 0 unspecified atom stereocenters. The molecule has 0 saturated heterocycles. The third-order valence-electron chi connectivity index (χ3n) is 5.60. The van der Waals surface area contributed by atoms with Gasteiger partial charge in [-0.3, -0.25) is 0 Å². The number of allylic oxidation sites excluding steroid dienone is 1. The third kappa shape index (κ3) is 3.71. The number of fused-ring (bicyclic) bond motifs is 1. The van der Waals surface area contributed by atoms with Gasteiger partial charge >= 0.3 is 0 Å². The fraction of sp³-hybridized carbons (Fsp3) is 0.500. The van der Waals surface area contributed by atoms with Gasteiger partial charge in [-0.1, -0.05) is 55.1 Å². The van der Waals surface area contributed by atoms with Crippen LogP contribution in [-0.2, 0) is 22.0 Å². The summed E-state index contributed by atoms with van der Waals surface area (Å²) in [4.78, 5) is 4.82. The first kappa shape index (κ1) is 18.4. The van der Waals surface area contributed by atoms with Gasteiger partial charge in [-0.05, 0) is 42.9 Å². The van der Waals surface area contributed by atoms with Crippen molar-refractivity contribution in [3.05, 3.63) is 52.0 Å². The maximum atomic E-state index is 13.3. The number of benzene rings is 1. The fourth-order valence-corrected chi connectivity index (χ4v) is 5.73. The maximum Gasteiger partial charge on any atom is 0.237 e. The molecule has 1 saturated carbocycles. The Balaban J connectivity index is 1.69. The van der Waals surface area contributed by atoms with E-state index in [1.807, 2.05) is 18.2 Å². The van der Waals surface area contributed by atoms with Gasteiger partial charge in [0, 0.05) is 6.92 Å². The van der Waals surface area contributed by atoms with Gasteiger partial charge in [-0.2, -0.15) is 9.71 Å². The van der Waals surface area contributed by atoms with Crippen LogP contribution in [0.2, 0.25) is 0 Å². The Bertz CT molecular complexity index is 954. The zero-order valence-corrected chi connectivity index (χ0v) is 16.4. The van der Waals surface area contributed by atoms with E-state index in [2.05, 4.69) is 20.9 Å². The van der Waals surface area contributed by atoms with Crippen LogP contribution in [0.4, 0.5) is 0 Å². The van der Waals surface area contributed by atoms with Crippen LogP contribution in [-0.4, -0.2) is 18.6 Å². The molecule has 7 heteroatoms. The van der Waals surface area contributed by atoms with Crippen molar-refractivity contribution in [2.24, 2.45) is 0 Å². The molecule has 0 amide bonds. The number of hydrogen-bond acceptors (Lipinski definition) is 5. The van der Waals surface area contributed by atoms with Crippen molar-refractivity contribution in [3.63, 3.8) is 0 Å². The summed E-state index contributed by atoms with van der Waals surface area (Å²) in [5, 5.41) is 4.09. The molecule has 0 aliphatic heterocycles. The van der Waals surface area contributed by atoms with E-state index < -0.39 is 15.6 Å². The van der Waals surface area contributed by atoms with Crippen LogP contribution in [0.15, 0.2) is 33.7 Å². The molecule has 0 spiro atoms. The van der Waals surface area contributed by atoms with Crippen LogP contribution in [0.3, 0.4) is 0 Å². The SMILES string of the molecule is Cc1nc(C2(NS(=O)(=O)C3=Cc4ccccc4CC3)CCCCCC2)no1. The van der Waals surface area contributed by atoms with E-state index in [4.69, 9.17) is 4.52 Å². The Kier molecular flexibility index (Phi) is 4.90. The topological polar surface area (TPSA) is 85.1 Å². The third-order valence-corrected chi connectivity index (χ3v) is 7.27. The van der Waals surface area contributed by atoms with E-state index >= 15 is 0 Å². The average Bonchev–Trinajstić information content (AvgIpc) is 2.97. The van der Waals surface area contributed by atoms with Crippen LogP contribution in [0.5, 0.6) is 0 Å². The fourth-order valence-electron chi connectivity index (χ4n) is 4.14. The van der Waals surface area contributed by atoms with Gasteiger partial charge in [0.15, 0.2) is 5.82 Å².